The zero-order valence-electron chi connectivity index (χ0n) is 17.7. The Labute approximate surface area is 190 Å². The maximum absolute atomic E-state index is 13.3. The van der Waals surface area contributed by atoms with Gasteiger partial charge in [-0.15, -0.1) is 0 Å². The first-order valence-corrected chi connectivity index (χ1v) is 11.1. The van der Waals surface area contributed by atoms with E-state index in [4.69, 9.17) is 16.3 Å². The lowest BCUT2D eigenvalue weighted by atomic mass is 9.94. The summed E-state index contributed by atoms with van der Waals surface area (Å²) >= 11 is 6.09. The zero-order valence-corrected chi connectivity index (χ0v) is 18.5. The molecule has 2 aromatic rings. The van der Waals surface area contributed by atoms with E-state index in [0.29, 0.717) is 31.7 Å². The first-order valence-electron chi connectivity index (χ1n) is 10.7. The number of piperidine rings is 1. The average Bonchev–Trinajstić information content (AvgIpc) is 3.28. The van der Waals surface area contributed by atoms with Gasteiger partial charge in [-0.25, -0.2) is 4.98 Å². The van der Waals surface area contributed by atoms with Gasteiger partial charge in [0.25, 0.3) is 0 Å². The summed E-state index contributed by atoms with van der Waals surface area (Å²) in [5.74, 6) is 1.13. The number of ether oxygens (including phenoxy) is 1. The Balaban J connectivity index is 1.41. The summed E-state index contributed by atoms with van der Waals surface area (Å²) < 4.78 is 43.9. The molecule has 0 saturated carbocycles. The molecule has 0 radical (unpaired) electrons. The van der Waals surface area contributed by atoms with Gasteiger partial charge in [0.05, 0.1) is 23.7 Å². The molecule has 0 spiro atoms. The van der Waals surface area contributed by atoms with Gasteiger partial charge in [-0.3, -0.25) is 4.79 Å². The molecule has 2 saturated heterocycles. The summed E-state index contributed by atoms with van der Waals surface area (Å²) in [6.45, 7) is 1.77. The van der Waals surface area contributed by atoms with E-state index in [1.165, 1.54) is 0 Å². The highest BCUT2D eigenvalue weighted by atomic mass is 35.5. The number of hydrogen-bond acceptors (Lipinski definition) is 4. The fourth-order valence-corrected chi connectivity index (χ4v) is 4.90. The van der Waals surface area contributed by atoms with Crippen molar-refractivity contribution in [2.75, 3.05) is 31.6 Å². The summed E-state index contributed by atoms with van der Waals surface area (Å²) in [4.78, 5) is 21.1. The van der Waals surface area contributed by atoms with Gasteiger partial charge in [0.2, 0.25) is 5.91 Å². The van der Waals surface area contributed by atoms with Gasteiger partial charge >= 0.3 is 6.18 Å². The van der Waals surface area contributed by atoms with E-state index in [9.17, 15) is 18.0 Å². The van der Waals surface area contributed by atoms with Crippen molar-refractivity contribution < 1.29 is 22.7 Å². The molecule has 1 amide bonds. The van der Waals surface area contributed by atoms with E-state index in [1.807, 2.05) is 34.1 Å². The fourth-order valence-electron chi connectivity index (χ4n) is 4.62. The first-order chi connectivity index (χ1) is 15.3. The molecule has 0 bridgehead atoms. The smallest absolute Gasteiger partial charge is 0.417 e. The average molecular weight is 468 g/mol. The van der Waals surface area contributed by atoms with Crippen molar-refractivity contribution >= 4 is 23.3 Å². The Morgan fingerprint density at radius 2 is 1.91 bits per heavy atom. The van der Waals surface area contributed by atoms with Crippen LogP contribution in [0.2, 0.25) is 5.02 Å². The molecule has 1 aromatic carbocycles. The van der Waals surface area contributed by atoms with Gasteiger partial charge in [0.1, 0.15) is 11.6 Å². The van der Waals surface area contributed by atoms with E-state index in [-0.39, 0.29) is 22.9 Å². The minimum absolute atomic E-state index is 0.0257. The predicted octanol–water partition coefficient (Wildman–Crippen LogP) is 5.34. The van der Waals surface area contributed by atoms with E-state index in [2.05, 4.69) is 4.98 Å². The standard InChI is InChI=1S/C23H25ClF3N3O2/c1-32-18-5-2-4-16(12-18)20-6-3-9-30(20)22(31)15-7-10-29(11-8-15)21-19(24)13-17(14-28-21)23(25,26)27/h2,4-5,12-15,20H,3,6-11H2,1H3. The third-order valence-electron chi connectivity index (χ3n) is 6.31. The third kappa shape index (κ3) is 4.65. The van der Waals surface area contributed by atoms with Crippen LogP contribution < -0.4 is 9.64 Å². The van der Waals surface area contributed by atoms with Gasteiger partial charge in [-0.2, -0.15) is 13.2 Å². The van der Waals surface area contributed by atoms with Gasteiger partial charge in [0.15, 0.2) is 0 Å². The minimum Gasteiger partial charge on any atom is -0.497 e. The second-order valence-corrected chi connectivity index (χ2v) is 8.66. The Bertz CT molecular complexity index is 977. The lowest BCUT2D eigenvalue weighted by Gasteiger charge is -2.36. The lowest BCUT2D eigenvalue weighted by Crippen LogP contribution is -2.42. The molecule has 32 heavy (non-hydrogen) atoms. The molecule has 2 fully saturated rings. The van der Waals surface area contributed by atoms with Crippen LogP contribution >= 0.6 is 11.6 Å². The minimum atomic E-state index is -4.48. The zero-order chi connectivity index (χ0) is 22.9. The Hall–Kier alpha value is -2.48. The second kappa shape index (κ2) is 9.17. The van der Waals surface area contributed by atoms with Crippen LogP contribution in [0.4, 0.5) is 19.0 Å². The number of likely N-dealkylation sites (tertiary alicyclic amines) is 1. The second-order valence-electron chi connectivity index (χ2n) is 8.25. The van der Waals surface area contributed by atoms with Crippen molar-refractivity contribution in [2.45, 2.75) is 37.9 Å². The number of nitrogens with zero attached hydrogens (tertiary/aromatic N) is 3. The molecule has 2 aliphatic rings. The lowest BCUT2D eigenvalue weighted by molar-refractivity contribution is -0.138. The number of aromatic nitrogens is 1. The molecule has 1 atom stereocenters. The summed E-state index contributed by atoms with van der Waals surface area (Å²) in [5, 5.41) is -0.0257. The molecule has 5 nitrogen and oxygen atoms in total. The number of rotatable bonds is 4. The van der Waals surface area contributed by atoms with Crippen LogP contribution in [0.5, 0.6) is 5.75 Å². The van der Waals surface area contributed by atoms with Crippen molar-refractivity contribution in [3.8, 4) is 5.75 Å². The first kappa shape index (κ1) is 22.7. The van der Waals surface area contributed by atoms with Crippen LogP contribution in [0.1, 0.15) is 42.9 Å². The third-order valence-corrected chi connectivity index (χ3v) is 6.59. The van der Waals surface area contributed by atoms with Gasteiger partial charge in [-0.05, 0) is 49.4 Å². The number of carbonyl (C=O) groups is 1. The molecule has 0 N–H and O–H groups in total. The molecule has 1 aromatic heterocycles. The number of carbonyl (C=O) groups excluding carboxylic acids is 1. The number of pyridine rings is 1. The van der Waals surface area contributed by atoms with Crippen molar-refractivity contribution in [1.29, 1.82) is 0 Å². The molecule has 172 valence electrons. The Kier molecular flexibility index (Phi) is 6.51. The molecular formula is C23H25ClF3N3O2. The number of alkyl halides is 3. The van der Waals surface area contributed by atoms with Gasteiger partial charge in [0, 0.05) is 31.7 Å². The summed E-state index contributed by atoms with van der Waals surface area (Å²) in [5.41, 5.74) is 0.210. The fraction of sp³-hybridized carbons (Fsp3) is 0.478. The van der Waals surface area contributed by atoms with E-state index in [0.717, 1.165) is 43.0 Å². The van der Waals surface area contributed by atoms with Gasteiger partial charge < -0.3 is 14.5 Å². The highest BCUT2D eigenvalue weighted by molar-refractivity contribution is 6.33. The number of halogens is 4. The molecule has 2 aliphatic heterocycles. The number of anilines is 1. The number of methoxy groups -OCH3 is 1. The summed E-state index contributed by atoms with van der Waals surface area (Å²) in [7, 11) is 1.63. The Morgan fingerprint density at radius 1 is 1.16 bits per heavy atom. The monoisotopic (exact) mass is 467 g/mol. The van der Waals surface area contributed by atoms with Crippen LogP contribution in [-0.4, -0.2) is 42.5 Å². The maximum Gasteiger partial charge on any atom is 0.417 e. The quantitative estimate of drug-likeness (QED) is 0.608. The molecular weight excluding hydrogens is 443 g/mol. The summed E-state index contributed by atoms with van der Waals surface area (Å²) in [6.07, 6.45) is -0.580. The van der Waals surface area contributed by atoms with Crippen molar-refractivity contribution in [3.05, 3.63) is 52.7 Å². The van der Waals surface area contributed by atoms with E-state index in [1.54, 1.807) is 7.11 Å². The maximum atomic E-state index is 13.3. The largest absolute Gasteiger partial charge is 0.497 e. The van der Waals surface area contributed by atoms with Crippen LogP contribution in [0.3, 0.4) is 0 Å². The van der Waals surface area contributed by atoms with Crippen molar-refractivity contribution in [3.63, 3.8) is 0 Å². The van der Waals surface area contributed by atoms with E-state index < -0.39 is 11.7 Å². The van der Waals surface area contributed by atoms with Gasteiger partial charge in [-0.1, -0.05) is 23.7 Å². The highest BCUT2D eigenvalue weighted by Crippen LogP contribution is 2.37. The highest BCUT2D eigenvalue weighted by Gasteiger charge is 2.36. The number of hydrogen-bond donors (Lipinski definition) is 0. The number of amides is 1. The molecule has 9 heteroatoms. The van der Waals surface area contributed by atoms with Crippen molar-refractivity contribution in [1.82, 2.24) is 9.88 Å². The molecule has 0 aliphatic carbocycles. The van der Waals surface area contributed by atoms with Crippen LogP contribution in [0.15, 0.2) is 36.5 Å². The summed E-state index contributed by atoms with van der Waals surface area (Å²) in [6, 6.07) is 8.79. The normalized spacial score (nSPS) is 20.0. The van der Waals surface area contributed by atoms with Crippen LogP contribution in [0.25, 0.3) is 0 Å². The van der Waals surface area contributed by atoms with E-state index >= 15 is 0 Å². The van der Waals surface area contributed by atoms with Crippen molar-refractivity contribution in [2.24, 2.45) is 5.92 Å². The van der Waals surface area contributed by atoms with Crippen LogP contribution in [-0.2, 0) is 11.0 Å². The van der Waals surface area contributed by atoms with Crippen LogP contribution in [0, 0.1) is 5.92 Å². The topological polar surface area (TPSA) is 45.7 Å². The Morgan fingerprint density at radius 3 is 2.56 bits per heavy atom. The molecule has 3 heterocycles. The molecule has 4 rings (SSSR count). The number of benzene rings is 1. The predicted molar refractivity (Wildman–Crippen MR) is 116 cm³/mol. The molecule has 1 unspecified atom stereocenters. The SMILES string of the molecule is COc1cccc(C2CCCN2C(=O)C2CCN(c3ncc(C(F)(F)F)cc3Cl)CC2)c1.